The molecule has 28 heavy (non-hydrogen) atoms. The fourth-order valence-electron chi connectivity index (χ4n) is 4.18. The van der Waals surface area contributed by atoms with Crippen LogP contribution >= 0.6 is 12.6 Å². The third-order valence-electron chi connectivity index (χ3n) is 5.35. The Hall–Kier alpha value is -1.63. The fraction of sp³-hybridized carbons (Fsp3) is 0.714. The summed E-state index contributed by atoms with van der Waals surface area (Å²) < 4.78 is -0.403. The van der Waals surface area contributed by atoms with Gasteiger partial charge >= 0.3 is 0 Å². The molecule has 0 saturated heterocycles. The second-order valence-electron chi connectivity index (χ2n) is 9.40. The number of hydrogen-bond donors (Lipinski definition) is 3. The number of aromatic nitrogens is 2. The van der Waals surface area contributed by atoms with Crippen LogP contribution in [0, 0.1) is 11.3 Å². The fourth-order valence-corrected chi connectivity index (χ4v) is 4.63. The van der Waals surface area contributed by atoms with Crippen molar-refractivity contribution in [3.63, 3.8) is 0 Å². The van der Waals surface area contributed by atoms with E-state index in [1.165, 1.54) is 25.0 Å². The number of amides is 2. The van der Waals surface area contributed by atoms with Crippen molar-refractivity contribution < 1.29 is 9.59 Å². The summed E-state index contributed by atoms with van der Waals surface area (Å²) in [5, 5.41) is 6.12. The molecule has 7 heteroatoms. The zero-order valence-electron chi connectivity index (χ0n) is 17.7. The maximum Gasteiger partial charge on any atom is 0.272 e. The summed E-state index contributed by atoms with van der Waals surface area (Å²) >= 11 is 4.72. The highest BCUT2D eigenvalue weighted by molar-refractivity contribution is 7.81. The van der Waals surface area contributed by atoms with E-state index in [1.807, 2.05) is 13.8 Å². The standard InChI is InChI=1S/C21H34N4O2S/c1-20(2,3)19(21(4,5)28)25-18(27)16(14-9-7-6-8-10-14)24-17(26)15-13-22-11-12-23-15/h11-14,16,19,28H,6-10H2,1-5H3,(H,24,26)(H,25,27)/t16-,19-/m0/s1. The lowest BCUT2D eigenvalue weighted by atomic mass is 9.78. The van der Waals surface area contributed by atoms with Crippen LogP contribution in [0.3, 0.4) is 0 Å². The minimum Gasteiger partial charge on any atom is -0.350 e. The number of nitrogens with zero attached hydrogens (tertiary/aromatic N) is 2. The first-order chi connectivity index (χ1) is 13.0. The number of carbonyl (C=O) groups excluding carboxylic acids is 2. The van der Waals surface area contributed by atoms with Gasteiger partial charge in [-0.3, -0.25) is 14.6 Å². The van der Waals surface area contributed by atoms with E-state index in [1.54, 1.807) is 0 Å². The van der Waals surface area contributed by atoms with Gasteiger partial charge in [-0.25, -0.2) is 4.98 Å². The molecule has 2 amide bonds. The molecule has 0 aromatic carbocycles. The maximum atomic E-state index is 13.3. The van der Waals surface area contributed by atoms with E-state index in [2.05, 4.69) is 41.4 Å². The van der Waals surface area contributed by atoms with Gasteiger partial charge in [0.25, 0.3) is 5.91 Å². The van der Waals surface area contributed by atoms with Crippen LogP contribution in [0.4, 0.5) is 0 Å². The average Bonchev–Trinajstić information content (AvgIpc) is 2.63. The highest BCUT2D eigenvalue weighted by Crippen LogP contribution is 2.33. The molecule has 0 radical (unpaired) electrons. The van der Waals surface area contributed by atoms with Crippen LogP contribution in [0.5, 0.6) is 0 Å². The van der Waals surface area contributed by atoms with Crippen molar-refractivity contribution in [2.24, 2.45) is 11.3 Å². The van der Waals surface area contributed by atoms with Crippen LogP contribution in [0.1, 0.15) is 77.2 Å². The maximum absolute atomic E-state index is 13.3. The zero-order chi connectivity index (χ0) is 20.9. The molecule has 2 N–H and O–H groups in total. The predicted octanol–water partition coefficient (Wildman–Crippen LogP) is 3.39. The van der Waals surface area contributed by atoms with Crippen molar-refractivity contribution in [3.05, 3.63) is 24.3 Å². The molecule has 2 atom stereocenters. The lowest BCUT2D eigenvalue weighted by Crippen LogP contribution is -2.60. The van der Waals surface area contributed by atoms with Crippen LogP contribution in [-0.4, -0.2) is 38.6 Å². The minimum atomic E-state index is -0.588. The van der Waals surface area contributed by atoms with Crippen LogP contribution in [0.2, 0.25) is 0 Å². The molecule has 0 aliphatic heterocycles. The molecule has 2 rings (SSSR count). The van der Waals surface area contributed by atoms with Crippen molar-refractivity contribution >= 4 is 24.4 Å². The molecule has 1 heterocycles. The van der Waals surface area contributed by atoms with Crippen LogP contribution < -0.4 is 10.6 Å². The minimum absolute atomic E-state index is 0.123. The average molecular weight is 407 g/mol. The molecule has 156 valence electrons. The van der Waals surface area contributed by atoms with Crippen LogP contribution in [0.15, 0.2) is 18.6 Å². The van der Waals surface area contributed by atoms with E-state index in [0.29, 0.717) is 0 Å². The van der Waals surface area contributed by atoms with Crippen molar-refractivity contribution in [1.82, 2.24) is 20.6 Å². The van der Waals surface area contributed by atoms with E-state index in [4.69, 9.17) is 12.6 Å². The number of hydrogen-bond acceptors (Lipinski definition) is 5. The summed E-state index contributed by atoms with van der Waals surface area (Å²) in [6, 6.07) is -0.745. The molecule has 6 nitrogen and oxygen atoms in total. The first-order valence-corrected chi connectivity index (χ1v) is 10.5. The van der Waals surface area contributed by atoms with Gasteiger partial charge in [0.15, 0.2) is 0 Å². The highest BCUT2D eigenvalue weighted by Gasteiger charge is 2.40. The zero-order valence-corrected chi connectivity index (χ0v) is 18.6. The molecular weight excluding hydrogens is 372 g/mol. The van der Waals surface area contributed by atoms with Gasteiger partial charge in [-0.2, -0.15) is 12.6 Å². The Bertz CT molecular complexity index is 647. The van der Waals surface area contributed by atoms with Gasteiger partial charge in [0.05, 0.1) is 6.20 Å². The van der Waals surface area contributed by atoms with E-state index in [9.17, 15) is 9.59 Å². The molecule has 1 fully saturated rings. The Balaban J connectivity index is 2.22. The highest BCUT2D eigenvalue weighted by atomic mass is 32.1. The van der Waals surface area contributed by atoms with Gasteiger partial charge in [0.1, 0.15) is 11.7 Å². The van der Waals surface area contributed by atoms with E-state index < -0.39 is 10.8 Å². The second kappa shape index (κ2) is 9.25. The lowest BCUT2D eigenvalue weighted by molar-refractivity contribution is -0.126. The summed E-state index contributed by atoms with van der Waals surface area (Å²) in [5.74, 6) is -0.388. The molecular formula is C21H34N4O2S. The van der Waals surface area contributed by atoms with Crippen molar-refractivity contribution in [1.29, 1.82) is 0 Å². The first kappa shape index (κ1) is 22.7. The van der Waals surface area contributed by atoms with Gasteiger partial charge in [0, 0.05) is 23.2 Å². The summed E-state index contributed by atoms with van der Waals surface area (Å²) in [6.45, 7) is 10.3. The number of nitrogens with one attached hydrogen (secondary N) is 2. The van der Waals surface area contributed by atoms with Gasteiger partial charge in [-0.1, -0.05) is 40.0 Å². The molecule has 0 unspecified atom stereocenters. The molecule has 0 bridgehead atoms. The van der Waals surface area contributed by atoms with Crippen LogP contribution in [0.25, 0.3) is 0 Å². The van der Waals surface area contributed by atoms with Gasteiger partial charge in [-0.15, -0.1) is 0 Å². The molecule has 1 saturated carbocycles. The quantitative estimate of drug-likeness (QED) is 0.632. The summed E-state index contributed by atoms with van der Waals surface area (Å²) in [6.07, 6.45) is 9.62. The van der Waals surface area contributed by atoms with Crippen molar-refractivity contribution in [2.75, 3.05) is 0 Å². The Labute approximate surface area is 174 Å². The molecule has 1 aromatic heterocycles. The van der Waals surface area contributed by atoms with Gasteiger partial charge in [-0.05, 0) is 38.0 Å². The topological polar surface area (TPSA) is 84.0 Å². The number of carbonyl (C=O) groups is 2. The van der Waals surface area contributed by atoms with E-state index in [0.717, 1.165) is 25.7 Å². The van der Waals surface area contributed by atoms with Crippen molar-refractivity contribution in [2.45, 2.75) is 83.6 Å². The summed E-state index contributed by atoms with van der Waals surface area (Å²) in [5.41, 5.74) is 0.0467. The predicted molar refractivity (Wildman–Crippen MR) is 114 cm³/mol. The van der Waals surface area contributed by atoms with Gasteiger partial charge < -0.3 is 10.6 Å². The largest absolute Gasteiger partial charge is 0.350 e. The SMILES string of the molecule is CC(C)(C)[C@H](NC(=O)[C@@H](NC(=O)c1cnccn1)C1CCCCC1)C(C)(C)S. The normalized spacial score (nSPS) is 18.2. The number of rotatable bonds is 6. The van der Waals surface area contributed by atoms with E-state index >= 15 is 0 Å². The Morgan fingerprint density at radius 2 is 1.71 bits per heavy atom. The summed E-state index contributed by atoms with van der Waals surface area (Å²) in [7, 11) is 0. The third kappa shape index (κ3) is 6.19. The van der Waals surface area contributed by atoms with Gasteiger partial charge in [0.2, 0.25) is 5.91 Å². The monoisotopic (exact) mass is 406 g/mol. The third-order valence-corrected chi connectivity index (χ3v) is 5.60. The number of thiol groups is 1. The molecule has 1 aromatic rings. The summed E-state index contributed by atoms with van der Waals surface area (Å²) in [4.78, 5) is 34.0. The smallest absolute Gasteiger partial charge is 0.272 e. The Morgan fingerprint density at radius 3 is 2.21 bits per heavy atom. The van der Waals surface area contributed by atoms with Crippen molar-refractivity contribution in [3.8, 4) is 0 Å². The lowest BCUT2D eigenvalue weighted by Gasteiger charge is -2.42. The molecule has 1 aliphatic carbocycles. The second-order valence-corrected chi connectivity index (χ2v) is 10.6. The van der Waals surface area contributed by atoms with E-state index in [-0.39, 0.29) is 34.9 Å². The van der Waals surface area contributed by atoms with Crippen LogP contribution in [-0.2, 0) is 4.79 Å². The Kier molecular flexibility index (Phi) is 7.48. The molecule has 1 aliphatic rings. The Morgan fingerprint density at radius 1 is 1.07 bits per heavy atom. The molecule has 0 spiro atoms. The first-order valence-electron chi connectivity index (χ1n) is 10.1.